The van der Waals surface area contributed by atoms with Gasteiger partial charge in [-0.05, 0) is 35.9 Å². The van der Waals surface area contributed by atoms with Crippen molar-refractivity contribution in [1.82, 2.24) is 20.5 Å². The molecular weight excluding hydrogens is 309 g/mol. The highest BCUT2D eigenvalue weighted by molar-refractivity contribution is 5.92. The molecule has 0 atom stereocenters. The van der Waals surface area contributed by atoms with Crippen LogP contribution in [0.2, 0.25) is 0 Å². The van der Waals surface area contributed by atoms with E-state index in [0.717, 1.165) is 5.56 Å². The van der Waals surface area contributed by atoms with Gasteiger partial charge in [-0.3, -0.25) is 9.78 Å². The maximum atomic E-state index is 13.6. The predicted molar refractivity (Wildman–Crippen MR) is 87.1 cm³/mol. The quantitative estimate of drug-likeness (QED) is 0.754. The molecule has 0 spiro atoms. The molecule has 1 aromatic carbocycles. The predicted octanol–water partition coefficient (Wildman–Crippen LogP) is 2.68. The van der Waals surface area contributed by atoms with Gasteiger partial charge in [0.2, 0.25) is 0 Å². The summed E-state index contributed by atoms with van der Waals surface area (Å²) in [5.74, 6) is -0.384. The van der Waals surface area contributed by atoms with Crippen LogP contribution in [0.5, 0.6) is 0 Å². The number of hydrogen-bond donors (Lipinski definition) is 2. The molecular formula is C17H14FN5O. The van der Waals surface area contributed by atoms with Gasteiger partial charge in [0.05, 0.1) is 5.69 Å². The van der Waals surface area contributed by atoms with E-state index in [2.05, 4.69) is 25.8 Å². The minimum Gasteiger partial charge on any atom is -0.347 e. The number of carbonyl (C=O) groups is 1. The molecule has 0 radical (unpaired) electrons. The summed E-state index contributed by atoms with van der Waals surface area (Å²) in [6.07, 6.45) is 3.34. The molecule has 0 aliphatic heterocycles. The third-order valence-corrected chi connectivity index (χ3v) is 3.21. The van der Waals surface area contributed by atoms with Gasteiger partial charge in [-0.25, -0.2) is 4.39 Å². The van der Waals surface area contributed by atoms with Gasteiger partial charge in [-0.15, -0.1) is 10.2 Å². The van der Waals surface area contributed by atoms with Crippen molar-refractivity contribution < 1.29 is 9.18 Å². The Morgan fingerprint density at radius 3 is 2.62 bits per heavy atom. The molecule has 24 heavy (non-hydrogen) atoms. The van der Waals surface area contributed by atoms with E-state index < -0.39 is 5.82 Å². The number of halogens is 1. The van der Waals surface area contributed by atoms with Gasteiger partial charge in [0.1, 0.15) is 5.82 Å². The maximum Gasteiger partial charge on any atom is 0.272 e. The van der Waals surface area contributed by atoms with Gasteiger partial charge in [0.25, 0.3) is 5.91 Å². The smallest absolute Gasteiger partial charge is 0.272 e. The second kappa shape index (κ2) is 7.28. The Kier molecular flexibility index (Phi) is 4.71. The summed E-state index contributed by atoms with van der Waals surface area (Å²) in [5.41, 5.74) is 1.36. The Morgan fingerprint density at radius 2 is 1.92 bits per heavy atom. The lowest BCUT2D eigenvalue weighted by Gasteiger charge is -2.07. The number of benzene rings is 1. The zero-order valence-electron chi connectivity index (χ0n) is 12.6. The van der Waals surface area contributed by atoms with Gasteiger partial charge in [0, 0.05) is 18.9 Å². The number of amides is 1. The van der Waals surface area contributed by atoms with Crippen molar-refractivity contribution >= 4 is 17.4 Å². The number of hydrogen-bond acceptors (Lipinski definition) is 5. The van der Waals surface area contributed by atoms with Crippen LogP contribution in [-0.4, -0.2) is 21.1 Å². The summed E-state index contributed by atoms with van der Waals surface area (Å²) in [6.45, 7) is 0.351. The van der Waals surface area contributed by atoms with E-state index in [1.807, 2.05) is 6.07 Å². The Hall–Kier alpha value is -3.35. The van der Waals surface area contributed by atoms with Crippen LogP contribution >= 0.6 is 0 Å². The lowest BCUT2D eigenvalue weighted by Crippen LogP contribution is -2.24. The summed E-state index contributed by atoms with van der Waals surface area (Å²) in [7, 11) is 0. The Labute approximate surface area is 137 Å². The molecule has 3 rings (SSSR count). The van der Waals surface area contributed by atoms with Crippen molar-refractivity contribution in [2.45, 2.75) is 6.54 Å². The van der Waals surface area contributed by atoms with E-state index >= 15 is 0 Å². The third-order valence-electron chi connectivity index (χ3n) is 3.21. The second-order valence-corrected chi connectivity index (χ2v) is 4.95. The summed E-state index contributed by atoms with van der Waals surface area (Å²) < 4.78 is 13.6. The van der Waals surface area contributed by atoms with Crippen LogP contribution in [0.3, 0.4) is 0 Å². The first-order valence-electron chi connectivity index (χ1n) is 7.25. The summed E-state index contributed by atoms with van der Waals surface area (Å²) >= 11 is 0. The van der Waals surface area contributed by atoms with Crippen LogP contribution in [0.4, 0.5) is 15.9 Å². The molecule has 6 nitrogen and oxygen atoms in total. The highest BCUT2D eigenvalue weighted by atomic mass is 19.1. The van der Waals surface area contributed by atoms with E-state index in [-0.39, 0.29) is 11.6 Å². The average molecular weight is 323 g/mol. The monoisotopic (exact) mass is 323 g/mol. The number of pyridine rings is 1. The largest absolute Gasteiger partial charge is 0.347 e. The van der Waals surface area contributed by atoms with Crippen LogP contribution in [-0.2, 0) is 6.54 Å². The Morgan fingerprint density at radius 1 is 1.04 bits per heavy atom. The zero-order valence-corrected chi connectivity index (χ0v) is 12.6. The fraction of sp³-hybridized carbons (Fsp3) is 0.0588. The summed E-state index contributed by atoms with van der Waals surface area (Å²) in [6, 6.07) is 13.0. The molecule has 7 heteroatoms. The molecule has 0 unspecified atom stereocenters. The first-order valence-corrected chi connectivity index (χ1v) is 7.25. The molecule has 0 fully saturated rings. The van der Waals surface area contributed by atoms with Gasteiger partial charge >= 0.3 is 0 Å². The van der Waals surface area contributed by atoms with Crippen molar-refractivity contribution in [3.05, 3.63) is 78.0 Å². The molecule has 0 aliphatic rings. The van der Waals surface area contributed by atoms with Gasteiger partial charge in [0.15, 0.2) is 11.5 Å². The standard InChI is InChI=1S/C17H14FN5O/c18-13-5-1-2-6-14(13)21-16-8-7-15(22-23-16)17(24)20-11-12-4-3-9-19-10-12/h1-10H,11H2,(H,20,24)(H,21,23). The van der Waals surface area contributed by atoms with Gasteiger partial charge in [-0.1, -0.05) is 18.2 Å². The van der Waals surface area contributed by atoms with E-state index in [4.69, 9.17) is 0 Å². The van der Waals surface area contributed by atoms with Crippen LogP contribution in [0.15, 0.2) is 60.9 Å². The summed E-state index contributed by atoms with van der Waals surface area (Å²) in [5, 5.41) is 13.3. The molecule has 2 heterocycles. The van der Waals surface area contributed by atoms with Gasteiger partial charge < -0.3 is 10.6 Å². The SMILES string of the molecule is O=C(NCc1cccnc1)c1ccc(Nc2ccccc2F)nn1. The topological polar surface area (TPSA) is 79.8 Å². The molecule has 3 aromatic rings. The van der Waals surface area contributed by atoms with Crippen molar-refractivity contribution in [3.8, 4) is 0 Å². The normalized spacial score (nSPS) is 10.2. The minimum atomic E-state index is -0.391. The number of anilines is 2. The first-order chi connectivity index (χ1) is 11.7. The van der Waals surface area contributed by atoms with E-state index in [1.165, 1.54) is 12.1 Å². The van der Waals surface area contributed by atoms with Crippen LogP contribution in [0.25, 0.3) is 0 Å². The lowest BCUT2D eigenvalue weighted by atomic mass is 10.2. The molecule has 1 amide bonds. The van der Waals surface area contributed by atoms with E-state index in [0.29, 0.717) is 18.1 Å². The van der Waals surface area contributed by atoms with Crippen LogP contribution < -0.4 is 10.6 Å². The van der Waals surface area contributed by atoms with Crippen LogP contribution in [0.1, 0.15) is 16.1 Å². The van der Waals surface area contributed by atoms with Crippen molar-refractivity contribution in [3.63, 3.8) is 0 Å². The first kappa shape index (κ1) is 15.5. The number of rotatable bonds is 5. The Bertz CT molecular complexity index is 824. The maximum absolute atomic E-state index is 13.6. The lowest BCUT2D eigenvalue weighted by molar-refractivity contribution is 0.0945. The van der Waals surface area contributed by atoms with Crippen molar-refractivity contribution in [2.24, 2.45) is 0 Å². The van der Waals surface area contributed by atoms with E-state index in [9.17, 15) is 9.18 Å². The molecule has 0 saturated carbocycles. The van der Waals surface area contributed by atoms with E-state index in [1.54, 1.807) is 42.7 Å². The molecule has 120 valence electrons. The summed E-state index contributed by atoms with van der Waals surface area (Å²) in [4.78, 5) is 16.0. The number of nitrogens with zero attached hydrogens (tertiary/aromatic N) is 3. The Balaban J connectivity index is 1.61. The molecule has 0 aliphatic carbocycles. The number of nitrogens with one attached hydrogen (secondary N) is 2. The molecule has 2 aromatic heterocycles. The second-order valence-electron chi connectivity index (χ2n) is 4.95. The average Bonchev–Trinajstić information content (AvgIpc) is 2.63. The highest BCUT2D eigenvalue weighted by Gasteiger charge is 2.09. The molecule has 0 saturated heterocycles. The van der Waals surface area contributed by atoms with Crippen molar-refractivity contribution in [1.29, 1.82) is 0 Å². The highest BCUT2D eigenvalue weighted by Crippen LogP contribution is 2.17. The van der Waals surface area contributed by atoms with Crippen molar-refractivity contribution in [2.75, 3.05) is 5.32 Å². The number of para-hydroxylation sites is 1. The molecule has 2 N–H and O–H groups in total. The fourth-order valence-electron chi connectivity index (χ4n) is 2.00. The van der Waals surface area contributed by atoms with Crippen LogP contribution in [0, 0.1) is 5.82 Å². The third kappa shape index (κ3) is 3.89. The van der Waals surface area contributed by atoms with Gasteiger partial charge in [-0.2, -0.15) is 0 Å². The fourth-order valence-corrected chi connectivity index (χ4v) is 2.00. The molecule has 0 bridgehead atoms. The number of carbonyl (C=O) groups excluding carboxylic acids is 1. The number of aromatic nitrogens is 3. The zero-order chi connectivity index (χ0) is 16.8. The minimum absolute atomic E-state index is 0.179.